The first-order chi connectivity index (χ1) is 13.2. The number of benzene rings is 1. The minimum absolute atomic E-state index is 0.0192. The number of Topliss-reactive ketones (excluding diaryl/α,β-unsaturated/α-hetero) is 1. The molecule has 0 saturated carbocycles. The molecule has 5 nitrogen and oxygen atoms in total. The van der Waals surface area contributed by atoms with Crippen LogP contribution in [0.3, 0.4) is 0 Å². The van der Waals surface area contributed by atoms with Gasteiger partial charge in [-0.05, 0) is 29.8 Å². The highest BCUT2D eigenvalue weighted by molar-refractivity contribution is 7.99. The summed E-state index contributed by atoms with van der Waals surface area (Å²) < 4.78 is 8.07. The van der Waals surface area contributed by atoms with Crippen molar-refractivity contribution in [2.45, 2.75) is 11.7 Å². The molecule has 0 atom stereocenters. The second kappa shape index (κ2) is 8.12. The van der Waals surface area contributed by atoms with Crippen molar-refractivity contribution in [1.82, 2.24) is 14.8 Å². The normalized spacial score (nSPS) is 11.0. The lowest BCUT2D eigenvalue weighted by molar-refractivity contribution is 0.102. The second-order valence-corrected chi connectivity index (χ2v) is 8.33. The molecule has 0 amide bonds. The molecule has 1 aromatic carbocycles. The molecule has 8 heteroatoms. The Kier molecular flexibility index (Phi) is 5.42. The molecule has 0 spiro atoms. The van der Waals surface area contributed by atoms with Gasteiger partial charge in [-0.25, -0.2) is 0 Å². The van der Waals surface area contributed by atoms with E-state index in [4.69, 9.17) is 16.0 Å². The fourth-order valence-corrected chi connectivity index (χ4v) is 4.45. The quantitative estimate of drug-likeness (QED) is 0.303. The lowest BCUT2D eigenvalue weighted by Crippen LogP contribution is -2.06. The number of thioether (sulfide) groups is 1. The summed E-state index contributed by atoms with van der Waals surface area (Å²) in [6, 6.07) is 17.2. The molecule has 0 bridgehead atoms. The molecular formula is C19H14ClN3O2S2. The fourth-order valence-electron chi connectivity index (χ4n) is 2.56. The molecule has 3 heterocycles. The summed E-state index contributed by atoms with van der Waals surface area (Å²) in [6.07, 6.45) is 1.60. The highest BCUT2D eigenvalue weighted by Gasteiger charge is 2.18. The zero-order chi connectivity index (χ0) is 18.6. The Morgan fingerprint density at radius 3 is 2.67 bits per heavy atom. The average molecular weight is 416 g/mol. The Morgan fingerprint density at radius 1 is 1.11 bits per heavy atom. The first kappa shape index (κ1) is 18.0. The standard InChI is InChI=1S/C19H14ClN3O2S2/c20-17-9-8-16(27-17)14(24)12-26-19-22-21-18(15-7-4-10-25-15)23(19)11-13-5-2-1-3-6-13/h1-10H,11-12H2. The molecule has 136 valence electrons. The number of furan rings is 1. The van der Waals surface area contributed by atoms with E-state index in [0.717, 1.165) is 5.56 Å². The minimum atomic E-state index is 0.0192. The Morgan fingerprint density at radius 2 is 1.96 bits per heavy atom. The first-order valence-electron chi connectivity index (χ1n) is 8.13. The summed E-state index contributed by atoms with van der Waals surface area (Å²) in [5, 5.41) is 9.23. The van der Waals surface area contributed by atoms with Crippen LogP contribution in [0.4, 0.5) is 0 Å². The van der Waals surface area contributed by atoms with Crippen LogP contribution in [-0.4, -0.2) is 26.3 Å². The smallest absolute Gasteiger partial charge is 0.200 e. The Bertz CT molecular complexity index is 1040. The lowest BCUT2D eigenvalue weighted by Gasteiger charge is -2.09. The molecule has 0 N–H and O–H groups in total. The van der Waals surface area contributed by atoms with Crippen LogP contribution in [0, 0.1) is 0 Å². The van der Waals surface area contributed by atoms with Gasteiger partial charge in [0.2, 0.25) is 5.82 Å². The van der Waals surface area contributed by atoms with Crippen molar-refractivity contribution in [3.8, 4) is 11.6 Å². The van der Waals surface area contributed by atoms with E-state index >= 15 is 0 Å². The van der Waals surface area contributed by atoms with Crippen molar-refractivity contribution in [2.75, 3.05) is 5.75 Å². The summed E-state index contributed by atoms with van der Waals surface area (Å²) in [5.41, 5.74) is 1.11. The highest BCUT2D eigenvalue weighted by atomic mass is 35.5. The van der Waals surface area contributed by atoms with Gasteiger partial charge in [0.25, 0.3) is 0 Å². The number of halogens is 1. The van der Waals surface area contributed by atoms with E-state index in [1.807, 2.05) is 47.0 Å². The molecule has 0 saturated heterocycles. The van der Waals surface area contributed by atoms with Gasteiger partial charge in [0.05, 0.1) is 27.8 Å². The average Bonchev–Trinajstić information content (AvgIpc) is 3.42. The fraction of sp³-hybridized carbons (Fsp3) is 0.105. The number of carbonyl (C=O) groups is 1. The Labute approximate surface area is 169 Å². The van der Waals surface area contributed by atoms with E-state index in [0.29, 0.717) is 32.5 Å². The third kappa shape index (κ3) is 4.16. The van der Waals surface area contributed by atoms with Gasteiger partial charge in [-0.3, -0.25) is 9.36 Å². The number of thiophene rings is 1. The van der Waals surface area contributed by atoms with Gasteiger partial charge in [-0.15, -0.1) is 21.5 Å². The third-order valence-corrected chi connectivity index (χ3v) is 6.06. The predicted octanol–water partition coefficient (Wildman–Crippen LogP) is 5.28. The zero-order valence-corrected chi connectivity index (χ0v) is 16.4. The van der Waals surface area contributed by atoms with Crippen LogP contribution in [0.2, 0.25) is 4.34 Å². The molecule has 0 fully saturated rings. The van der Waals surface area contributed by atoms with E-state index in [-0.39, 0.29) is 11.5 Å². The van der Waals surface area contributed by atoms with E-state index in [2.05, 4.69) is 10.2 Å². The summed E-state index contributed by atoms with van der Waals surface area (Å²) in [4.78, 5) is 13.0. The second-order valence-electron chi connectivity index (χ2n) is 5.67. The zero-order valence-electron chi connectivity index (χ0n) is 14.0. The topological polar surface area (TPSA) is 60.9 Å². The molecule has 0 aliphatic heterocycles. The number of rotatable bonds is 7. The molecule has 0 radical (unpaired) electrons. The van der Waals surface area contributed by atoms with Crippen LogP contribution in [0.1, 0.15) is 15.2 Å². The SMILES string of the molecule is O=C(CSc1nnc(-c2ccco2)n1Cc1ccccc1)c1ccc(Cl)s1. The molecule has 27 heavy (non-hydrogen) atoms. The monoisotopic (exact) mass is 415 g/mol. The largest absolute Gasteiger partial charge is 0.461 e. The highest BCUT2D eigenvalue weighted by Crippen LogP contribution is 2.28. The summed E-state index contributed by atoms with van der Waals surface area (Å²) in [7, 11) is 0. The lowest BCUT2D eigenvalue weighted by atomic mass is 10.2. The molecule has 3 aromatic heterocycles. The number of ketones is 1. The van der Waals surface area contributed by atoms with Gasteiger partial charge < -0.3 is 4.42 Å². The van der Waals surface area contributed by atoms with E-state index in [9.17, 15) is 4.79 Å². The summed E-state index contributed by atoms with van der Waals surface area (Å²) in [6.45, 7) is 0.589. The maximum Gasteiger partial charge on any atom is 0.200 e. The van der Waals surface area contributed by atoms with Crippen LogP contribution in [0.25, 0.3) is 11.6 Å². The van der Waals surface area contributed by atoms with E-state index < -0.39 is 0 Å². The number of carbonyl (C=O) groups excluding carboxylic acids is 1. The van der Waals surface area contributed by atoms with Crippen LogP contribution >= 0.6 is 34.7 Å². The minimum Gasteiger partial charge on any atom is -0.461 e. The van der Waals surface area contributed by atoms with E-state index in [1.54, 1.807) is 18.4 Å². The first-order valence-corrected chi connectivity index (χ1v) is 10.3. The number of nitrogens with zero attached hydrogens (tertiary/aromatic N) is 3. The van der Waals surface area contributed by atoms with Crippen molar-refractivity contribution in [3.05, 3.63) is 75.6 Å². The third-order valence-electron chi connectivity index (χ3n) is 3.82. The number of hydrogen-bond acceptors (Lipinski definition) is 6. The van der Waals surface area contributed by atoms with Crippen molar-refractivity contribution in [2.24, 2.45) is 0 Å². The molecule has 0 aliphatic rings. The molecule has 4 rings (SSSR count). The van der Waals surface area contributed by atoms with Crippen molar-refractivity contribution < 1.29 is 9.21 Å². The number of aromatic nitrogens is 3. The summed E-state index contributed by atoms with van der Waals surface area (Å²) in [5.74, 6) is 1.56. The summed E-state index contributed by atoms with van der Waals surface area (Å²) >= 11 is 8.56. The molecule has 0 unspecified atom stereocenters. The predicted molar refractivity (Wildman–Crippen MR) is 108 cm³/mol. The van der Waals surface area contributed by atoms with Crippen molar-refractivity contribution in [3.63, 3.8) is 0 Å². The van der Waals surface area contributed by atoms with Crippen LogP contribution < -0.4 is 0 Å². The van der Waals surface area contributed by atoms with E-state index in [1.165, 1.54) is 23.1 Å². The molecular weight excluding hydrogens is 402 g/mol. The van der Waals surface area contributed by atoms with Crippen molar-refractivity contribution in [1.29, 1.82) is 0 Å². The van der Waals surface area contributed by atoms with Crippen LogP contribution in [0.5, 0.6) is 0 Å². The molecule has 0 aliphatic carbocycles. The Hall–Kier alpha value is -2.35. The van der Waals surface area contributed by atoms with Gasteiger partial charge >= 0.3 is 0 Å². The molecule has 4 aromatic rings. The maximum absolute atomic E-state index is 12.4. The number of hydrogen-bond donors (Lipinski definition) is 0. The van der Waals surface area contributed by atoms with Gasteiger partial charge in [0, 0.05) is 0 Å². The van der Waals surface area contributed by atoms with Crippen molar-refractivity contribution >= 4 is 40.5 Å². The van der Waals surface area contributed by atoms with Crippen LogP contribution in [-0.2, 0) is 6.54 Å². The van der Waals surface area contributed by atoms with Gasteiger partial charge in [0.15, 0.2) is 16.7 Å². The van der Waals surface area contributed by atoms with Gasteiger partial charge in [-0.1, -0.05) is 53.7 Å². The maximum atomic E-state index is 12.4. The van der Waals surface area contributed by atoms with Gasteiger partial charge in [0.1, 0.15) is 0 Å². The Balaban J connectivity index is 1.59. The van der Waals surface area contributed by atoms with Gasteiger partial charge in [-0.2, -0.15) is 0 Å². The van der Waals surface area contributed by atoms with Crippen LogP contribution in [0.15, 0.2) is 70.4 Å².